The zero-order valence-electron chi connectivity index (χ0n) is 10.5. The monoisotopic (exact) mass is 274 g/mol. The number of β-amino-alcohol motifs (C(OH)–C–C–N with tert-alkyl or cyclic N) is 1. The third-order valence-electron chi connectivity index (χ3n) is 3.37. The zero-order valence-corrected chi connectivity index (χ0v) is 12.3. The molecule has 1 aliphatic rings. The summed E-state index contributed by atoms with van der Waals surface area (Å²) in [6.45, 7) is 7.46. The van der Waals surface area contributed by atoms with E-state index in [0.29, 0.717) is 13.1 Å². The smallest absolute Gasteiger partial charge is 0.0789 e. The molecule has 0 bridgehead atoms. The highest BCUT2D eigenvalue weighted by Crippen LogP contribution is 2.31. The summed E-state index contributed by atoms with van der Waals surface area (Å²) < 4.78 is 0. The maximum Gasteiger partial charge on any atom is 0.0789 e. The standard InChI is InChI=1S/C12H20N2OS.H2S/c1-8-9(2)16-12-3-4-14(7-11(8)12)6-10(15)5-13;/h10,15H,3-7,13H2,1-2H3;1H2/t10-;/m0./s1. The molecule has 1 aliphatic heterocycles. The Morgan fingerprint density at radius 1 is 1.47 bits per heavy atom. The Labute approximate surface area is 114 Å². The highest BCUT2D eigenvalue weighted by atomic mass is 32.1. The van der Waals surface area contributed by atoms with E-state index in [1.165, 1.54) is 20.9 Å². The van der Waals surface area contributed by atoms with Gasteiger partial charge in [-0.3, -0.25) is 4.90 Å². The van der Waals surface area contributed by atoms with Gasteiger partial charge >= 0.3 is 0 Å². The molecule has 0 radical (unpaired) electrons. The molecule has 0 aliphatic carbocycles. The fourth-order valence-electron chi connectivity index (χ4n) is 2.24. The summed E-state index contributed by atoms with van der Waals surface area (Å²) >= 11 is 1.93. The maximum absolute atomic E-state index is 9.57. The van der Waals surface area contributed by atoms with Crippen molar-refractivity contribution in [1.29, 1.82) is 0 Å². The number of hydrogen-bond donors (Lipinski definition) is 2. The highest BCUT2D eigenvalue weighted by Gasteiger charge is 2.22. The first-order valence-electron chi connectivity index (χ1n) is 5.80. The van der Waals surface area contributed by atoms with Gasteiger partial charge in [0.25, 0.3) is 0 Å². The molecule has 0 fully saturated rings. The van der Waals surface area contributed by atoms with Gasteiger partial charge in [-0.15, -0.1) is 11.3 Å². The average Bonchev–Trinajstić information content (AvgIpc) is 2.55. The van der Waals surface area contributed by atoms with Crippen LogP contribution in [-0.2, 0) is 13.0 Å². The average molecular weight is 274 g/mol. The predicted molar refractivity (Wildman–Crippen MR) is 78.2 cm³/mol. The molecule has 1 atom stereocenters. The molecule has 3 N–H and O–H groups in total. The SMILES string of the molecule is Cc1sc2c(c1C)CN(C[C@@H](O)CN)CC2.S. The Morgan fingerprint density at radius 3 is 2.82 bits per heavy atom. The molecule has 2 heterocycles. The van der Waals surface area contributed by atoms with Crippen molar-refractivity contribution in [3.63, 3.8) is 0 Å². The number of aliphatic hydroxyl groups is 1. The van der Waals surface area contributed by atoms with Gasteiger partial charge in [-0.05, 0) is 31.4 Å². The molecular weight excluding hydrogens is 252 g/mol. The van der Waals surface area contributed by atoms with Crippen LogP contribution in [0.1, 0.15) is 20.9 Å². The summed E-state index contributed by atoms with van der Waals surface area (Å²) in [5.41, 5.74) is 8.36. The van der Waals surface area contributed by atoms with Crippen LogP contribution in [0, 0.1) is 13.8 Å². The second-order valence-electron chi connectivity index (χ2n) is 4.56. The Balaban J connectivity index is 0.00000144. The van der Waals surface area contributed by atoms with Crippen LogP contribution < -0.4 is 5.73 Å². The van der Waals surface area contributed by atoms with Gasteiger partial charge in [0, 0.05) is 35.9 Å². The lowest BCUT2D eigenvalue weighted by molar-refractivity contribution is 0.112. The maximum atomic E-state index is 9.57. The van der Waals surface area contributed by atoms with Crippen LogP contribution in [0.15, 0.2) is 0 Å². The van der Waals surface area contributed by atoms with E-state index in [-0.39, 0.29) is 19.6 Å². The lowest BCUT2D eigenvalue weighted by atomic mass is 10.0. The first-order valence-corrected chi connectivity index (χ1v) is 6.61. The summed E-state index contributed by atoms with van der Waals surface area (Å²) in [5.74, 6) is 0. The van der Waals surface area contributed by atoms with Crippen LogP contribution in [-0.4, -0.2) is 35.7 Å². The molecule has 0 aromatic carbocycles. The summed E-state index contributed by atoms with van der Waals surface area (Å²) in [6, 6.07) is 0. The minimum absolute atomic E-state index is 0. The van der Waals surface area contributed by atoms with Gasteiger partial charge in [0.05, 0.1) is 6.10 Å². The van der Waals surface area contributed by atoms with Crippen molar-refractivity contribution < 1.29 is 5.11 Å². The summed E-state index contributed by atoms with van der Waals surface area (Å²) in [4.78, 5) is 5.28. The molecule has 0 spiro atoms. The Bertz CT molecular complexity index is 379. The van der Waals surface area contributed by atoms with Crippen LogP contribution in [0.3, 0.4) is 0 Å². The van der Waals surface area contributed by atoms with E-state index >= 15 is 0 Å². The van der Waals surface area contributed by atoms with Gasteiger partial charge in [-0.2, -0.15) is 13.5 Å². The fraction of sp³-hybridized carbons (Fsp3) is 0.667. The van der Waals surface area contributed by atoms with Gasteiger partial charge in [-0.25, -0.2) is 0 Å². The lowest BCUT2D eigenvalue weighted by Gasteiger charge is -2.28. The Kier molecular flexibility index (Phi) is 5.47. The van der Waals surface area contributed by atoms with Crippen molar-refractivity contribution in [3.8, 4) is 0 Å². The molecule has 98 valence electrons. The van der Waals surface area contributed by atoms with Crippen LogP contribution >= 0.6 is 24.8 Å². The summed E-state index contributed by atoms with van der Waals surface area (Å²) in [5, 5.41) is 9.57. The van der Waals surface area contributed by atoms with E-state index in [4.69, 9.17) is 5.73 Å². The molecule has 0 saturated heterocycles. The van der Waals surface area contributed by atoms with Crippen molar-refractivity contribution in [2.45, 2.75) is 32.9 Å². The van der Waals surface area contributed by atoms with Crippen LogP contribution in [0.5, 0.6) is 0 Å². The Hall–Kier alpha value is -0.0700. The summed E-state index contributed by atoms with van der Waals surface area (Å²) in [7, 11) is 0. The van der Waals surface area contributed by atoms with Gasteiger partial charge < -0.3 is 10.8 Å². The molecular formula is C12H22N2OS2. The minimum atomic E-state index is -0.387. The van der Waals surface area contributed by atoms with E-state index in [2.05, 4.69) is 18.7 Å². The fourth-order valence-corrected chi connectivity index (χ4v) is 3.42. The van der Waals surface area contributed by atoms with Crippen LogP contribution in [0.2, 0.25) is 0 Å². The van der Waals surface area contributed by atoms with E-state index in [0.717, 1.165) is 19.5 Å². The van der Waals surface area contributed by atoms with E-state index in [1.54, 1.807) is 0 Å². The second-order valence-corrected chi connectivity index (χ2v) is 5.87. The van der Waals surface area contributed by atoms with Gasteiger partial charge in [0.15, 0.2) is 0 Å². The van der Waals surface area contributed by atoms with Gasteiger partial charge in [0.2, 0.25) is 0 Å². The number of nitrogens with two attached hydrogens (primary N) is 1. The number of aryl methyl sites for hydroxylation is 1. The molecule has 3 nitrogen and oxygen atoms in total. The van der Waals surface area contributed by atoms with E-state index < -0.39 is 0 Å². The first-order chi connectivity index (χ1) is 7.61. The quantitative estimate of drug-likeness (QED) is 0.869. The number of aliphatic hydroxyl groups excluding tert-OH is 1. The molecule has 5 heteroatoms. The largest absolute Gasteiger partial charge is 0.390 e. The van der Waals surface area contributed by atoms with Gasteiger partial charge in [-0.1, -0.05) is 0 Å². The van der Waals surface area contributed by atoms with Crippen molar-refractivity contribution in [3.05, 3.63) is 20.9 Å². The number of rotatable bonds is 3. The zero-order chi connectivity index (χ0) is 11.7. The topological polar surface area (TPSA) is 49.5 Å². The minimum Gasteiger partial charge on any atom is -0.390 e. The molecule has 0 unspecified atom stereocenters. The molecule has 1 aromatic heterocycles. The number of thiophene rings is 1. The van der Waals surface area contributed by atoms with Crippen LogP contribution in [0.4, 0.5) is 0 Å². The lowest BCUT2D eigenvalue weighted by Crippen LogP contribution is -2.39. The number of hydrogen-bond acceptors (Lipinski definition) is 4. The number of nitrogens with zero attached hydrogens (tertiary/aromatic N) is 1. The van der Waals surface area contributed by atoms with Crippen molar-refractivity contribution >= 4 is 24.8 Å². The molecule has 17 heavy (non-hydrogen) atoms. The number of fused-ring (bicyclic) bond motifs is 1. The third-order valence-corrected chi connectivity index (χ3v) is 4.68. The second kappa shape index (κ2) is 6.20. The van der Waals surface area contributed by atoms with Gasteiger partial charge in [0.1, 0.15) is 0 Å². The van der Waals surface area contributed by atoms with E-state index in [1.807, 2.05) is 11.3 Å². The van der Waals surface area contributed by atoms with Crippen molar-refractivity contribution in [2.24, 2.45) is 5.73 Å². The molecule has 1 aromatic rings. The van der Waals surface area contributed by atoms with Crippen LogP contribution in [0.25, 0.3) is 0 Å². The highest BCUT2D eigenvalue weighted by molar-refractivity contribution is 7.59. The molecule has 2 rings (SSSR count). The molecule has 0 saturated carbocycles. The summed E-state index contributed by atoms with van der Waals surface area (Å²) in [6.07, 6.45) is 0.730. The third kappa shape index (κ3) is 3.23. The Morgan fingerprint density at radius 2 is 2.18 bits per heavy atom. The first kappa shape index (κ1) is 15.0. The predicted octanol–water partition coefficient (Wildman–Crippen LogP) is 1.16. The van der Waals surface area contributed by atoms with E-state index in [9.17, 15) is 5.11 Å². The van der Waals surface area contributed by atoms with Crippen molar-refractivity contribution in [1.82, 2.24) is 4.90 Å². The normalized spacial score (nSPS) is 17.4. The van der Waals surface area contributed by atoms with Crippen molar-refractivity contribution in [2.75, 3.05) is 19.6 Å². The molecule has 0 amide bonds.